The third kappa shape index (κ3) is 3.44. The molecule has 3 N–H and O–H groups in total. The van der Waals surface area contributed by atoms with E-state index in [1.807, 2.05) is 0 Å². The molecule has 0 radical (unpaired) electrons. The van der Waals surface area contributed by atoms with E-state index in [4.69, 9.17) is 9.66 Å². The van der Waals surface area contributed by atoms with Gasteiger partial charge in [-0.05, 0) is 25.5 Å². The molecule has 1 amide bonds. The maximum atomic E-state index is 11.8. The minimum absolute atomic E-state index is 0.119. The zero-order chi connectivity index (χ0) is 14.8. The van der Waals surface area contributed by atoms with E-state index >= 15 is 0 Å². The van der Waals surface area contributed by atoms with Crippen molar-refractivity contribution in [2.24, 2.45) is 5.14 Å². The summed E-state index contributed by atoms with van der Waals surface area (Å²) < 4.78 is 27.2. The van der Waals surface area contributed by atoms with Crippen molar-refractivity contribution in [3.05, 3.63) is 34.5 Å². The Hall–Kier alpha value is -1.71. The van der Waals surface area contributed by atoms with Crippen molar-refractivity contribution in [2.45, 2.75) is 17.6 Å². The van der Waals surface area contributed by atoms with Gasteiger partial charge in [-0.3, -0.25) is 4.79 Å². The van der Waals surface area contributed by atoms with Gasteiger partial charge in [0, 0.05) is 11.4 Å². The third-order valence-corrected chi connectivity index (χ3v) is 5.15. The third-order valence-electron chi connectivity index (χ3n) is 2.57. The number of rotatable bonds is 5. The average molecular weight is 315 g/mol. The first-order valence-corrected chi connectivity index (χ1v) is 8.05. The predicted octanol–water partition coefficient (Wildman–Crippen LogP) is 0.664. The molecule has 0 aliphatic heterocycles. The van der Waals surface area contributed by atoms with Crippen LogP contribution in [0.1, 0.15) is 21.0 Å². The Morgan fingerprint density at radius 3 is 2.80 bits per heavy atom. The number of carbonyl (C=O) groups excluding carboxylic acids is 1. The maximum absolute atomic E-state index is 11.8. The lowest BCUT2D eigenvalue weighted by atomic mass is 10.2. The van der Waals surface area contributed by atoms with Crippen LogP contribution in [0.4, 0.5) is 0 Å². The summed E-state index contributed by atoms with van der Waals surface area (Å²) in [6, 6.07) is 3.14. The van der Waals surface area contributed by atoms with Crippen molar-refractivity contribution in [1.82, 2.24) is 10.5 Å². The van der Waals surface area contributed by atoms with Crippen molar-refractivity contribution in [1.29, 1.82) is 0 Å². The smallest absolute Gasteiger partial charge is 0.256 e. The molecular weight excluding hydrogens is 302 g/mol. The van der Waals surface area contributed by atoms with Gasteiger partial charge in [0.1, 0.15) is 15.5 Å². The van der Waals surface area contributed by atoms with E-state index in [1.54, 1.807) is 13.0 Å². The summed E-state index contributed by atoms with van der Waals surface area (Å²) in [5, 5.41) is 11.3. The molecule has 0 spiro atoms. The van der Waals surface area contributed by atoms with E-state index in [1.165, 1.54) is 12.3 Å². The number of hydrogen-bond acceptors (Lipinski definition) is 6. The van der Waals surface area contributed by atoms with Gasteiger partial charge in [-0.25, -0.2) is 13.6 Å². The number of amides is 1. The Morgan fingerprint density at radius 1 is 1.50 bits per heavy atom. The zero-order valence-electron chi connectivity index (χ0n) is 10.6. The fourth-order valence-electron chi connectivity index (χ4n) is 1.56. The van der Waals surface area contributed by atoms with E-state index in [-0.39, 0.29) is 10.1 Å². The van der Waals surface area contributed by atoms with Crippen LogP contribution in [-0.2, 0) is 16.4 Å². The van der Waals surface area contributed by atoms with Gasteiger partial charge in [0.05, 0.1) is 6.20 Å². The molecule has 0 bridgehead atoms. The molecule has 0 aromatic carbocycles. The Labute approximate surface area is 119 Å². The summed E-state index contributed by atoms with van der Waals surface area (Å²) in [5.41, 5.74) is 0.390. The normalized spacial score (nSPS) is 11.5. The number of primary sulfonamides is 1. The first kappa shape index (κ1) is 14.7. The Balaban J connectivity index is 1.89. The first-order chi connectivity index (χ1) is 9.38. The second-order valence-electron chi connectivity index (χ2n) is 4.07. The monoisotopic (exact) mass is 315 g/mol. The highest BCUT2D eigenvalue weighted by Gasteiger charge is 2.13. The number of nitrogens with zero attached hydrogens (tertiary/aromatic N) is 1. The van der Waals surface area contributed by atoms with Crippen molar-refractivity contribution < 1.29 is 17.7 Å². The molecule has 0 saturated carbocycles. The summed E-state index contributed by atoms with van der Waals surface area (Å²) in [6.07, 6.45) is 1.88. The lowest BCUT2D eigenvalue weighted by molar-refractivity contribution is 0.0952. The number of thiophene rings is 1. The van der Waals surface area contributed by atoms with Gasteiger partial charge < -0.3 is 9.84 Å². The molecule has 7 nitrogen and oxygen atoms in total. The van der Waals surface area contributed by atoms with Gasteiger partial charge in [0.15, 0.2) is 0 Å². The topological polar surface area (TPSA) is 115 Å². The molecule has 0 aliphatic carbocycles. The molecule has 9 heteroatoms. The summed E-state index contributed by atoms with van der Waals surface area (Å²) in [5.74, 6) is 0.183. The van der Waals surface area contributed by atoms with E-state index in [2.05, 4.69) is 10.5 Å². The minimum atomic E-state index is -3.65. The van der Waals surface area contributed by atoms with Crippen LogP contribution in [0.5, 0.6) is 0 Å². The number of hydrogen-bond donors (Lipinski definition) is 2. The van der Waals surface area contributed by atoms with Crippen LogP contribution in [0.25, 0.3) is 0 Å². The number of nitrogens with one attached hydrogen (secondary N) is 1. The summed E-state index contributed by atoms with van der Waals surface area (Å²) in [4.78, 5) is 12.6. The van der Waals surface area contributed by atoms with E-state index in [9.17, 15) is 13.2 Å². The summed E-state index contributed by atoms with van der Waals surface area (Å²) in [6.45, 7) is 2.04. The highest BCUT2D eigenvalue weighted by molar-refractivity contribution is 7.91. The molecular formula is C11H13N3O4S2. The average Bonchev–Trinajstić information content (AvgIpc) is 2.97. The Bertz CT molecular complexity index is 718. The highest BCUT2D eigenvalue weighted by Crippen LogP contribution is 2.20. The molecule has 108 valence electrons. The second-order valence-corrected chi connectivity index (χ2v) is 7.02. The van der Waals surface area contributed by atoms with Gasteiger partial charge in [0.25, 0.3) is 5.91 Å². The molecule has 2 rings (SSSR count). The van der Waals surface area contributed by atoms with Crippen LogP contribution in [-0.4, -0.2) is 26.0 Å². The molecule has 20 heavy (non-hydrogen) atoms. The largest absolute Gasteiger partial charge is 0.361 e. The summed E-state index contributed by atoms with van der Waals surface area (Å²) >= 11 is 1.10. The number of nitrogens with two attached hydrogens (primary N) is 1. The van der Waals surface area contributed by atoms with Crippen LogP contribution in [0.15, 0.2) is 27.1 Å². The molecule has 0 fully saturated rings. The van der Waals surface area contributed by atoms with Gasteiger partial charge in [0.2, 0.25) is 10.0 Å². The van der Waals surface area contributed by atoms with Gasteiger partial charge >= 0.3 is 0 Å². The van der Waals surface area contributed by atoms with Crippen LogP contribution >= 0.6 is 11.3 Å². The summed E-state index contributed by atoms with van der Waals surface area (Å²) in [7, 11) is -3.65. The number of sulfonamides is 1. The number of carbonyl (C=O) groups is 1. The second kappa shape index (κ2) is 5.73. The van der Waals surface area contributed by atoms with Crippen molar-refractivity contribution in [3.8, 4) is 0 Å². The van der Waals surface area contributed by atoms with Crippen LogP contribution in [0.3, 0.4) is 0 Å². The number of aryl methyl sites for hydroxylation is 1. The van der Waals surface area contributed by atoms with Crippen molar-refractivity contribution in [3.63, 3.8) is 0 Å². The van der Waals surface area contributed by atoms with Gasteiger partial charge in [-0.15, -0.1) is 11.3 Å². The maximum Gasteiger partial charge on any atom is 0.256 e. The number of aromatic nitrogens is 1. The van der Waals surface area contributed by atoms with E-state index in [0.29, 0.717) is 24.3 Å². The lowest BCUT2D eigenvalue weighted by Crippen LogP contribution is -2.25. The predicted molar refractivity (Wildman–Crippen MR) is 73.0 cm³/mol. The van der Waals surface area contributed by atoms with E-state index < -0.39 is 10.0 Å². The molecule has 2 heterocycles. The lowest BCUT2D eigenvalue weighted by Gasteiger charge is -2.02. The Morgan fingerprint density at radius 2 is 2.25 bits per heavy atom. The van der Waals surface area contributed by atoms with Crippen LogP contribution < -0.4 is 10.5 Å². The zero-order valence-corrected chi connectivity index (χ0v) is 12.3. The van der Waals surface area contributed by atoms with E-state index in [0.717, 1.165) is 16.2 Å². The molecule has 0 aliphatic rings. The van der Waals surface area contributed by atoms with Crippen LogP contribution in [0.2, 0.25) is 0 Å². The fourth-order valence-corrected chi connectivity index (χ4v) is 3.33. The molecule has 0 atom stereocenters. The van der Waals surface area contributed by atoms with Crippen LogP contribution in [0, 0.1) is 6.92 Å². The molecule has 2 aromatic heterocycles. The SMILES string of the molecule is Cc1oncc1C(=O)NCCc1ccc(S(N)(=O)=O)s1. The standard InChI is InChI=1S/C11H13N3O4S2/c1-7-9(6-14-18-7)11(15)13-5-4-8-2-3-10(19-8)20(12,16)17/h2-3,6H,4-5H2,1H3,(H,13,15)(H2,12,16,17). The first-order valence-electron chi connectivity index (χ1n) is 5.69. The quantitative estimate of drug-likeness (QED) is 0.841. The molecule has 2 aromatic rings. The Kier molecular flexibility index (Phi) is 4.21. The minimum Gasteiger partial charge on any atom is -0.361 e. The van der Waals surface area contributed by atoms with Crippen molar-refractivity contribution >= 4 is 27.3 Å². The van der Waals surface area contributed by atoms with Crippen molar-refractivity contribution in [2.75, 3.05) is 6.54 Å². The molecule has 0 unspecified atom stereocenters. The van der Waals surface area contributed by atoms with Gasteiger partial charge in [-0.1, -0.05) is 5.16 Å². The molecule has 0 saturated heterocycles. The fraction of sp³-hybridized carbons (Fsp3) is 0.273. The highest BCUT2D eigenvalue weighted by atomic mass is 32.2. The van der Waals surface area contributed by atoms with Gasteiger partial charge in [-0.2, -0.15) is 0 Å².